The molecule has 0 aliphatic heterocycles. The van der Waals surface area contributed by atoms with Gasteiger partial charge in [-0.3, -0.25) is 4.98 Å². The number of aryl methyl sites for hydroxylation is 1. The quantitative estimate of drug-likeness (QED) is 0.644. The maximum absolute atomic E-state index is 6.30. The van der Waals surface area contributed by atoms with Gasteiger partial charge >= 0.3 is 0 Å². The first kappa shape index (κ1) is 12.7. The fraction of sp³-hybridized carbons (Fsp3) is 0.357. The summed E-state index contributed by atoms with van der Waals surface area (Å²) in [7, 11) is 0. The Kier molecular flexibility index (Phi) is 3.09. The molecule has 1 nitrogen and oxygen atoms in total. The third-order valence-corrected chi connectivity index (χ3v) is 3.28. The average molecular weight is 268 g/mol. The van der Waals surface area contributed by atoms with E-state index in [1.54, 1.807) is 6.07 Å². The van der Waals surface area contributed by atoms with Crippen LogP contribution >= 0.6 is 23.2 Å². The summed E-state index contributed by atoms with van der Waals surface area (Å²) in [6, 6.07) is 5.74. The van der Waals surface area contributed by atoms with Crippen molar-refractivity contribution in [2.24, 2.45) is 0 Å². The second-order valence-corrected chi connectivity index (χ2v) is 6.19. The summed E-state index contributed by atoms with van der Waals surface area (Å²) in [5.74, 6) is 0. The number of hydrogen-bond acceptors (Lipinski definition) is 1. The number of halogens is 2. The third kappa shape index (κ3) is 2.41. The molecular formula is C14H15Cl2N. The summed E-state index contributed by atoms with van der Waals surface area (Å²) in [5, 5.41) is 2.31. The van der Waals surface area contributed by atoms with Gasteiger partial charge in [0.1, 0.15) is 0 Å². The lowest BCUT2D eigenvalue weighted by Gasteiger charge is -2.22. The van der Waals surface area contributed by atoms with Crippen LogP contribution in [0.2, 0.25) is 10.0 Å². The van der Waals surface area contributed by atoms with E-state index in [9.17, 15) is 0 Å². The lowest BCUT2D eigenvalue weighted by atomic mass is 9.84. The van der Waals surface area contributed by atoms with Gasteiger partial charge < -0.3 is 0 Å². The van der Waals surface area contributed by atoms with E-state index in [4.69, 9.17) is 23.2 Å². The highest BCUT2D eigenvalue weighted by Crippen LogP contribution is 2.35. The third-order valence-electron chi connectivity index (χ3n) is 2.76. The fourth-order valence-corrected chi connectivity index (χ4v) is 2.59. The summed E-state index contributed by atoms with van der Waals surface area (Å²) in [5.41, 5.74) is 3.10. The Bertz CT molecular complexity index is 578. The van der Waals surface area contributed by atoms with Gasteiger partial charge in [-0.25, -0.2) is 0 Å². The molecule has 2 rings (SSSR count). The Balaban J connectivity index is 2.93. The van der Waals surface area contributed by atoms with Crippen LogP contribution in [0.1, 0.15) is 32.0 Å². The number of rotatable bonds is 0. The van der Waals surface area contributed by atoms with E-state index in [-0.39, 0.29) is 5.41 Å². The molecule has 0 saturated carbocycles. The second kappa shape index (κ2) is 4.15. The van der Waals surface area contributed by atoms with Gasteiger partial charge in [-0.15, -0.1) is 0 Å². The molecule has 0 atom stereocenters. The fourth-order valence-electron chi connectivity index (χ4n) is 2.01. The molecule has 0 fully saturated rings. The van der Waals surface area contributed by atoms with E-state index in [1.165, 1.54) is 5.56 Å². The molecule has 0 aliphatic rings. The van der Waals surface area contributed by atoms with Crippen LogP contribution in [0.15, 0.2) is 18.2 Å². The molecule has 0 aliphatic carbocycles. The zero-order valence-corrected chi connectivity index (χ0v) is 11.9. The summed E-state index contributed by atoms with van der Waals surface area (Å²) in [6.45, 7) is 8.51. The van der Waals surface area contributed by atoms with E-state index in [0.717, 1.165) is 16.6 Å². The Hall–Kier alpha value is -0.790. The van der Waals surface area contributed by atoms with Crippen molar-refractivity contribution in [1.82, 2.24) is 4.98 Å². The average Bonchev–Trinajstić information content (AvgIpc) is 2.13. The standard InChI is InChI=1S/C14H15Cl2N/c1-8-5-10(14(2,3)4)13-11(16)6-9(15)7-12(13)17-8/h5-7H,1-4H3. The first-order valence-electron chi connectivity index (χ1n) is 5.56. The largest absolute Gasteiger partial charge is 0.253 e. The summed E-state index contributed by atoms with van der Waals surface area (Å²) in [4.78, 5) is 4.50. The molecule has 3 heteroatoms. The van der Waals surface area contributed by atoms with Crippen LogP contribution in [0.25, 0.3) is 10.9 Å². The van der Waals surface area contributed by atoms with Crippen molar-refractivity contribution >= 4 is 34.1 Å². The molecule has 0 amide bonds. The number of hydrogen-bond donors (Lipinski definition) is 0. The summed E-state index contributed by atoms with van der Waals surface area (Å²) < 4.78 is 0. The lowest BCUT2D eigenvalue weighted by molar-refractivity contribution is 0.594. The van der Waals surface area contributed by atoms with Crippen LogP contribution in [-0.2, 0) is 5.41 Å². The Morgan fingerprint density at radius 3 is 2.29 bits per heavy atom. The Labute approximate surface area is 112 Å². The molecule has 0 N–H and O–H groups in total. The minimum absolute atomic E-state index is 0.0312. The van der Waals surface area contributed by atoms with E-state index in [0.29, 0.717) is 10.0 Å². The number of nitrogens with zero attached hydrogens (tertiary/aromatic N) is 1. The summed E-state index contributed by atoms with van der Waals surface area (Å²) >= 11 is 12.3. The predicted molar refractivity (Wildman–Crippen MR) is 75.2 cm³/mol. The van der Waals surface area contributed by atoms with Crippen molar-refractivity contribution in [3.8, 4) is 0 Å². The van der Waals surface area contributed by atoms with E-state index in [1.807, 2.05) is 13.0 Å². The van der Waals surface area contributed by atoms with Gasteiger partial charge in [0.15, 0.2) is 0 Å². The molecule has 0 bridgehead atoms. The van der Waals surface area contributed by atoms with Crippen LogP contribution in [0.5, 0.6) is 0 Å². The van der Waals surface area contributed by atoms with Crippen molar-refractivity contribution in [3.05, 3.63) is 39.5 Å². The maximum atomic E-state index is 6.30. The van der Waals surface area contributed by atoms with Crippen LogP contribution < -0.4 is 0 Å². The molecule has 1 heterocycles. The van der Waals surface area contributed by atoms with Crippen LogP contribution in [0.3, 0.4) is 0 Å². The number of pyridine rings is 1. The SMILES string of the molecule is Cc1cc(C(C)(C)C)c2c(Cl)cc(Cl)cc2n1. The van der Waals surface area contributed by atoms with Crippen molar-refractivity contribution in [2.75, 3.05) is 0 Å². The molecular weight excluding hydrogens is 253 g/mol. The van der Waals surface area contributed by atoms with Crippen LogP contribution in [0, 0.1) is 6.92 Å². The minimum Gasteiger partial charge on any atom is -0.253 e. The van der Waals surface area contributed by atoms with Crippen molar-refractivity contribution in [2.45, 2.75) is 33.1 Å². The van der Waals surface area contributed by atoms with Crippen LogP contribution in [0.4, 0.5) is 0 Å². The first-order chi connectivity index (χ1) is 7.79. The molecule has 0 unspecified atom stereocenters. The van der Waals surface area contributed by atoms with E-state index >= 15 is 0 Å². The monoisotopic (exact) mass is 267 g/mol. The van der Waals surface area contributed by atoms with E-state index < -0.39 is 0 Å². The predicted octanol–water partition coefficient (Wildman–Crippen LogP) is 5.15. The van der Waals surface area contributed by atoms with Gasteiger partial charge in [0.2, 0.25) is 0 Å². The lowest BCUT2D eigenvalue weighted by Crippen LogP contribution is -2.12. The Morgan fingerprint density at radius 2 is 1.71 bits per heavy atom. The smallest absolute Gasteiger partial charge is 0.0737 e. The first-order valence-corrected chi connectivity index (χ1v) is 6.31. The topological polar surface area (TPSA) is 12.9 Å². The highest BCUT2D eigenvalue weighted by molar-refractivity contribution is 6.38. The molecule has 90 valence electrons. The van der Waals surface area contributed by atoms with Crippen molar-refractivity contribution in [1.29, 1.82) is 0 Å². The minimum atomic E-state index is 0.0312. The van der Waals surface area contributed by atoms with Gasteiger partial charge in [-0.2, -0.15) is 0 Å². The number of fused-ring (bicyclic) bond motifs is 1. The Morgan fingerprint density at radius 1 is 1.06 bits per heavy atom. The second-order valence-electron chi connectivity index (χ2n) is 5.34. The molecule has 1 aromatic heterocycles. The van der Waals surface area contributed by atoms with Crippen LogP contribution in [-0.4, -0.2) is 4.98 Å². The molecule has 1 aromatic carbocycles. The zero-order valence-electron chi connectivity index (χ0n) is 10.4. The zero-order chi connectivity index (χ0) is 12.8. The van der Waals surface area contributed by atoms with E-state index in [2.05, 4.69) is 31.8 Å². The van der Waals surface area contributed by atoms with Gasteiger partial charge in [-0.05, 0) is 36.1 Å². The highest BCUT2D eigenvalue weighted by atomic mass is 35.5. The van der Waals surface area contributed by atoms with Gasteiger partial charge in [0, 0.05) is 16.1 Å². The van der Waals surface area contributed by atoms with Gasteiger partial charge in [0.25, 0.3) is 0 Å². The number of aromatic nitrogens is 1. The molecule has 0 saturated heterocycles. The van der Waals surface area contributed by atoms with Crippen molar-refractivity contribution in [3.63, 3.8) is 0 Å². The molecule has 2 aromatic rings. The number of benzene rings is 1. The maximum Gasteiger partial charge on any atom is 0.0737 e. The molecule has 0 spiro atoms. The molecule has 0 radical (unpaired) electrons. The van der Waals surface area contributed by atoms with Gasteiger partial charge in [0.05, 0.1) is 10.5 Å². The molecule has 17 heavy (non-hydrogen) atoms. The summed E-state index contributed by atoms with van der Waals surface area (Å²) in [6.07, 6.45) is 0. The van der Waals surface area contributed by atoms with Crippen molar-refractivity contribution < 1.29 is 0 Å². The highest BCUT2D eigenvalue weighted by Gasteiger charge is 2.20. The van der Waals surface area contributed by atoms with Gasteiger partial charge in [-0.1, -0.05) is 44.0 Å². The normalized spacial score (nSPS) is 12.1.